The first-order chi connectivity index (χ1) is 9.60. The topological polar surface area (TPSA) is 74.7 Å². The second kappa shape index (κ2) is 6.38. The maximum Gasteiger partial charge on any atom is 0.170 e. The van der Waals surface area contributed by atoms with Gasteiger partial charge in [-0.2, -0.15) is 0 Å². The molecule has 2 rings (SSSR count). The maximum atomic E-state index is 8.70. The lowest BCUT2D eigenvalue weighted by Gasteiger charge is -2.18. The van der Waals surface area contributed by atoms with Gasteiger partial charge < -0.3 is 15.8 Å². The molecule has 0 bridgehead atoms. The molecule has 0 aliphatic carbocycles. The van der Waals surface area contributed by atoms with Crippen LogP contribution in [0.4, 0.5) is 5.82 Å². The van der Waals surface area contributed by atoms with E-state index in [1.54, 1.807) is 12.3 Å². The van der Waals surface area contributed by atoms with E-state index in [0.29, 0.717) is 12.1 Å². The van der Waals surface area contributed by atoms with Crippen molar-refractivity contribution < 1.29 is 5.21 Å². The summed E-state index contributed by atoms with van der Waals surface area (Å²) in [4.78, 5) is 6.36. The number of hydrogen-bond donors (Lipinski definition) is 2. The number of nitrogens with two attached hydrogens (primary N) is 1. The van der Waals surface area contributed by atoms with E-state index in [-0.39, 0.29) is 5.84 Å². The highest BCUT2D eigenvalue weighted by Crippen LogP contribution is 2.16. The highest BCUT2D eigenvalue weighted by molar-refractivity contribution is 9.10. The lowest BCUT2D eigenvalue weighted by atomic mass is 10.1. The second-order valence-corrected chi connectivity index (χ2v) is 5.29. The Kier molecular flexibility index (Phi) is 4.57. The van der Waals surface area contributed by atoms with Gasteiger partial charge >= 0.3 is 0 Å². The molecule has 5 nitrogen and oxygen atoms in total. The molecule has 0 spiro atoms. The highest BCUT2D eigenvalue weighted by atomic mass is 79.9. The van der Waals surface area contributed by atoms with Gasteiger partial charge in [0.2, 0.25) is 0 Å². The largest absolute Gasteiger partial charge is 0.409 e. The summed E-state index contributed by atoms with van der Waals surface area (Å²) >= 11 is 3.36. The Labute approximate surface area is 125 Å². The van der Waals surface area contributed by atoms with E-state index >= 15 is 0 Å². The number of nitrogens with zero attached hydrogens (tertiary/aromatic N) is 3. The van der Waals surface area contributed by atoms with E-state index in [2.05, 4.69) is 26.1 Å². The molecule has 0 amide bonds. The molecule has 0 saturated heterocycles. The standard InChI is InChI=1S/C14H15BrN4O/c1-19(13-6-5-12(15)8-17-13)9-10-3-2-4-11(7-10)14(16)18-20/h2-8,20H,9H2,1H3,(H2,16,18). The first-order valence-electron chi connectivity index (χ1n) is 5.99. The molecule has 0 aliphatic rings. The number of aromatic nitrogens is 1. The quantitative estimate of drug-likeness (QED) is 0.390. The molecular weight excluding hydrogens is 320 g/mol. The van der Waals surface area contributed by atoms with Crippen molar-refractivity contribution in [1.82, 2.24) is 4.98 Å². The zero-order chi connectivity index (χ0) is 14.5. The van der Waals surface area contributed by atoms with E-state index in [1.807, 2.05) is 42.3 Å². The third kappa shape index (κ3) is 3.48. The normalized spacial score (nSPS) is 11.4. The molecule has 1 aromatic carbocycles. The molecule has 0 atom stereocenters. The first kappa shape index (κ1) is 14.3. The van der Waals surface area contributed by atoms with Crippen molar-refractivity contribution in [3.63, 3.8) is 0 Å². The lowest BCUT2D eigenvalue weighted by Crippen LogP contribution is -2.18. The van der Waals surface area contributed by atoms with Crippen molar-refractivity contribution in [2.75, 3.05) is 11.9 Å². The Bertz CT molecular complexity index is 613. The molecule has 1 heterocycles. The van der Waals surface area contributed by atoms with Crippen molar-refractivity contribution in [2.45, 2.75) is 6.54 Å². The predicted octanol–water partition coefficient (Wildman–Crippen LogP) is 2.58. The fourth-order valence-corrected chi connectivity index (χ4v) is 2.07. The number of halogens is 1. The van der Waals surface area contributed by atoms with Crippen LogP contribution in [-0.4, -0.2) is 23.1 Å². The smallest absolute Gasteiger partial charge is 0.170 e. The van der Waals surface area contributed by atoms with Gasteiger partial charge in [-0.15, -0.1) is 0 Å². The lowest BCUT2D eigenvalue weighted by molar-refractivity contribution is 0.318. The SMILES string of the molecule is CN(Cc1cccc(C(N)=NO)c1)c1ccc(Br)cn1. The molecule has 0 aliphatic heterocycles. The molecule has 6 heteroatoms. The van der Waals surface area contributed by atoms with Crippen LogP contribution in [0.1, 0.15) is 11.1 Å². The van der Waals surface area contributed by atoms with Crippen molar-refractivity contribution in [3.05, 3.63) is 58.2 Å². The molecular formula is C14H15BrN4O. The zero-order valence-corrected chi connectivity index (χ0v) is 12.6. The molecule has 0 fully saturated rings. The van der Waals surface area contributed by atoms with Crippen molar-refractivity contribution >= 4 is 27.6 Å². The molecule has 0 saturated carbocycles. The van der Waals surface area contributed by atoms with Gasteiger partial charge in [0.15, 0.2) is 5.84 Å². The van der Waals surface area contributed by atoms with E-state index in [9.17, 15) is 0 Å². The fourth-order valence-electron chi connectivity index (χ4n) is 1.84. The molecule has 2 aromatic rings. The number of anilines is 1. The van der Waals surface area contributed by atoms with Gasteiger partial charge in [0.25, 0.3) is 0 Å². The van der Waals surface area contributed by atoms with Crippen molar-refractivity contribution in [2.24, 2.45) is 10.9 Å². The van der Waals surface area contributed by atoms with Crippen LogP contribution < -0.4 is 10.6 Å². The van der Waals surface area contributed by atoms with Gasteiger partial charge in [0.1, 0.15) is 5.82 Å². The van der Waals surface area contributed by atoms with Gasteiger partial charge in [-0.05, 0) is 39.7 Å². The summed E-state index contributed by atoms with van der Waals surface area (Å²) < 4.78 is 0.948. The van der Waals surface area contributed by atoms with Gasteiger partial charge in [0.05, 0.1) is 0 Å². The van der Waals surface area contributed by atoms with Crippen molar-refractivity contribution in [1.29, 1.82) is 0 Å². The van der Waals surface area contributed by atoms with Crippen LogP contribution >= 0.6 is 15.9 Å². The van der Waals surface area contributed by atoms with Crippen LogP contribution in [0, 0.1) is 0 Å². The minimum absolute atomic E-state index is 0.108. The van der Waals surface area contributed by atoms with Gasteiger partial charge in [0, 0.05) is 29.8 Å². The number of benzene rings is 1. The molecule has 0 unspecified atom stereocenters. The average Bonchev–Trinajstić information content (AvgIpc) is 2.47. The summed E-state index contributed by atoms with van der Waals surface area (Å²) in [6.45, 7) is 0.682. The monoisotopic (exact) mass is 334 g/mol. The number of hydrogen-bond acceptors (Lipinski definition) is 4. The summed E-state index contributed by atoms with van der Waals surface area (Å²) in [5, 5.41) is 11.7. The minimum atomic E-state index is 0.108. The summed E-state index contributed by atoms with van der Waals surface area (Å²) in [5.74, 6) is 0.985. The number of rotatable bonds is 4. The van der Waals surface area contributed by atoms with Crippen LogP contribution in [0.2, 0.25) is 0 Å². The first-order valence-corrected chi connectivity index (χ1v) is 6.79. The van der Waals surface area contributed by atoms with Gasteiger partial charge in [-0.25, -0.2) is 4.98 Å². The molecule has 20 heavy (non-hydrogen) atoms. The van der Waals surface area contributed by atoms with Crippen LogP contribution in [-0.2, 0) is 6.54 Å². The number of oxime groups is 1. The third-order valence-electron chi connectivity index (χ3n) is 2.85. The highest BCUT2D eigenvalue weighted by Gasteiger charge is 2.05. The summed E-state index contributed by atoms with van der Waals surface area (Å²) in [6.07, 6.45) is 1.76. The van der Waals surface area contributed by atoms with Crippen LogP contribution in [0.25, 0.3) is 0 Å². The Morgan fingerprint density at radius 3 is 2.85 bits per heavy atom. The summed E-state index contributed by atoms with van der Waals surface area (Å²) in [7, 11) is 1.96. The van der Waals surface area contributed by atoms with Gasteiger partial charge in [-0.3, -0.25) is 0 Å². The second-order valence-electron chi connectivity index (χ2n) is 4.38. The molecule has 104 valence electrons. The Hall–Kier alpha value is -2.08. The summed E-state index contributed by atoms with van der Waals surface area (Å²) in [6, 6.07) is 11.5. The van der Waals surface area contributed by atoms with Crippen LogP contribution in [0.3, 0.4) is 0 Å². The van der Waals surface area contributed by atoms with E-state index in [1.165, 1.54) is 0 Å². The molecule has 0 radical (unpaired) electrons. The molecule has 1 aromatic heterocycles. The summed E-state index contributed by atoms with van der Waals surface area (Å²) in [5.41, 5.74) is 7.34. The third-order valence-corrected chi connectivity index (χ3v) is 3.32. The van der Waals surface area contributed by atoms with E-state index < -0.39 is 0 Å². The Morgan fingerprint density at radius 2 is 2.20 bits per heavy atom. The Morgan fingerprint density at radius 1 is 1.40 bits per heavy atom. The minimum Gasteiger partial charge on any atom is -0.409 e. The average molecular weight is 335 g/mol. The Balaban J connectivity index is 2.15. The van der Waals surface area contributed by atoms with Crippen molar-refractivity contribution in [3.8, 4) is 0 Å². The number of pyridine rings is 1. The van der Waals surface area contributed by atoms with E-state index in [4.69, 9.17) is 10.9 Å². The number of amidine groups is 1. The van der Waals surface area contributed by atoms with Crippen LogP contribution in [0.15, 0.2) is 52.2 Å². The van der Waals surface area contributed by atoms with E-state index in [0.717, 1.165) is 15.9 Å². The fraction of sp³-hybridized carbons (Fsp3) is 0.143. The zero-order valence-electron chi connectivity index (χ0n) is 11.0. The molecule has 3 N–H and O–H groups in total. The van der Waals surface area contributed by atoms with Gasteiger partial charge in [-0.1, -0.05) is 23.4 Å². The maximum absolute atomic E-state index is 8.70. The predicted molar refractivity (Wildman–Crippen MR) is 83.0 cm³/mol. The van der Waals surface area contributed by atoms with Crippen LogP contribution in [0.5, 0.6) is 0 Å².